The Balaban J connectivity index is 2.37. The van der Waals surface area contributed by atoms with Gasteiger partial charge in [-0.2, -0.15) is 5.10 Å². The van der Waals surface area contributed by atoms with Crippen LogP contribution < -0.4 is 5.43 Å². The summed E-state index contributed by atoms with van der Waals surface area (Å²) >= 11 is 3.45. The zero-order chi connectivity index (χ0) is 5.98. The molecule has 0 aromatic carbocycles. The Morgan fingerprint density at radius 1 is 1.88 bits per heavy atom. The molecule has 1 rings (SSSR count). The van der Waals surface area contributed by atoms with Crippen LogP contribution in [0.15, 0.2) is 5.10 Å². The molecule has 0 aliphatic carbocycles. The SMILES string of the molecule is CSC1=NNC(C)S1. The van der Waals surface area contributed by atoms with Gasteiger partial charge in [0.05, 0.1) is 5.37 Å². The summed E-state index contributed by atoms with van der Waals surface area (Å²) in [6.07, 6.45) is 2.03. The summed E-state index contributed by atoms with van der Waals surface area (Å²) in [6, 6.07) is 0. The average Bonchev–Trinajstić information content (AvgIpc) is 2.14. The summed E-state index contributed by atoms with van der Waals surface area (Å²) in [5, 5.41) is 4.50. The first-order valence-electron chi connectivity index (χ1n) is 2.37. The molecule has 0 saturated carbocycles. The van der Waals surface area contributed by atoms with Crippen LogP contribution in [0.2, 0.25) is 0 Å². The van der Waals surface area contributed by atoms with Crippen LogP contribution in [-0.2, 0) is 0 Å². The summed E-state index contributed by atoms with van der Waals surface area (Å²) in [5.41, 5.74) is 2.95. The van der Waals surface area contributed by atoms with Gasteiger partial charge < -0.3 is 0 Å². The van der Waals surface area contributed by atoms with Gasteiger partial charge in [0.15, 0.2) is 4.38 Å². The number of nitrogens with one attached hydrogen (secondary N) is 1. The van der Waals surface area contributed by atoms with Gasteiger partial charge in [0.1, 0.15) is 0 Å². The number of thioether (sulfide) groups is 2. The number of nitrogens with zero attached hydrogens (tertiary/aromatic N) is 1. The third kappa shape index (κ3) is 1.32. The zero-order valence-corrected chi connectivity index (χ0v) is 6.47. The largest absolute Gasteiger partial charge is 0.295 e. The van der Waals surface area contributed by atoms with Crippen molar-refractivity contribution in [3.63, 3.8) is 0 Å². The molecule has 1 unspecified atom stereocenters. The molecule has 4 heteroatoms. The van der Waals surface area contributed by atoms with E-state index in [-0.39, 0.29) is 0 Å². The Morgan fingerprint density at radius 3 is 2.88 bits per heavy atom. The quantitative estimate of drug-likeness (QED) is 0.560. The van der Waals surface area contributed by atoms with Gasteiger partial charge in [0, 0.05) is 0 Å². The molecule has 0 radical (unpaired) electrons. The molecule has 0 aromatic rings. The number of hydrazone groups is 1. The van der Waals surface area contributed by atoms with E-state index in [9.17, 15) is 0 Å². The van der Waals surface area contributed by atoms with Gasteiger partial charge in [-0.05, 0) is 13.2 Å². The van der Waals surface area contributed by atoms with Gasteiger partial charge in [-0.1, -0.05) is 11.8 Å². The molecular formula is C4H8N2S2. The fraction of sp³-hybridized carbons (Fsp3) is 0.750. The summed E-state index contributed by atoms with van der Waals surface area (Å²) in [7, 11) is 0. The van der Waals surface area contributed by atoms with Crippen LogP contribution >= 0.6 is 23.5 Å². The van der Waals surface area contributed by atoms with Crippen LogP contribution in [0.1, 0.15) is 6.92 Å². The summed E-state index contributed by atoms with van der Waals surface area (Å²) in [4.78, 5) is 0. The molecule has 0 amide bonds. The minimum absolute atomic E-state index is 0.470. The van der Waals surface area contributed by atoms with Gasteiger partial charge in [-0.25, -0.2) is 0 Å². The van der Waals surface area contributed by atoms with Crippen molar-refractivity contribution in [1.29, 1.82) is 0 Å². The molecule has 1 atom stereocenters. The maximum absolute atomic E-state index is 4.03. The minimum Gasteiger partial charge on any atom is -0.295 e. The lowest BCUT2D eigenvalue weighted by Gasteiger charge is -1.95. The van der Waals surface area contributed by atoms with Gasteiger partial charge in [-0.3, -0.25) is 5.43 Å². The Labute approximate surface area is 57.5 Å². The lowest BCUT2D eigenvalue weighted by atomic mass is 10.8. The van der Waals surface area contributed by atoms with Crippen molar-refractivity contribution in [2.75, 3.05) is 6.26 Å². The van der Waals surface area contributed by atoms with Crippen molar-refractivity contribution in [3.8, 4) is 0 Å². The van der Waals surface area contributed by atoms with Crippen LogP contribution in [0.25, 0.3) is 0 Å². The molecule has 8 heavy (non-hydrogen) atoms. The van der Waals surface area contributed by atoms with Crippen molar-refractivity contribution in [2.24, 2.45) is 5.10 Å². The number of hydrogen-bond acceptors (Lipinski definition) is 4. The second-order valence-corrected chi connectivity index (χ2v) is 3.85. The molecule has 0 bridgehead atoms. The van der Waals surface area contributed by atoms with Gasteiger partial charge >= 0.3 is 0 Å². The third-order valence-electron chi connectivity index (χ3n) is 0.790. The lowest BCUT2D eigenvalue weighted by Crippen LogP contribution is -2.09. The summed E-state index contributed by atoms with van der Waals surface area (Å²) < 4.78 is 1.14. The van der Waals surface area contributed by atoms with Gasteiger partial charge in [0.2, 0.25) is 0 Å². The second kappa shape index (κ2) is 2.64. The standard InChI is InChI=1S/C4H8N2S2/c1-3-5-6-4(7-2)8-3/h3,5H,1-2H3. The van der Waals surface area contributed by atoms with E-state index < -0.39 is 0 Å². The topological polar surface area (TPSA) is 24.4 Å². The van der Waals surface area contributed by atoms with E-state index in [0.29, 0.717) is 5.37 Å². The van der Waals surface area contributed by atoms with Gasteiger partial charge in [0.25, 0.3) is 0 Å². The first kappa shape index (κ1) is 6.29. The fourth-order valence-corrected chi connectivity index (χ4v) is 1.92. The van der Waals surface area contributed by atoms with E-state index in [4.69, 9.17) is 0 Å². The van der Waals surface area contributed by atoms with Crippen molar-refractivity contribution >= 4 is 27.9 Å². The highest BCUT2D eigenvalue weighted by atomic mass is 32.2. The van der Waals surface area contributed by atoms with Crippen LogP contribution in [0, 0.1) is 0 Å². The molecule has 0 aromatic heterocycles. The molecular weight excluding hydrogens is 140 g/mol. The summed E-state index contributed by atoms with van der Waals surface area (Å²) in [5.74, 6) is 0. The fourth-order valence-electron chi connectivity index (χ4n) is 0.441. The molecule has 0 spiro atoms. The van der Waals surface area contributed by atoms with Crippen molar-refractivity contribution in [2.45, 2.75) is 12.3 Å². The first-order chi connectivity index (χ1) is 3.83. The monoisotopic (exact) mass is 148 g/mol. The van der Waals surface area contributed by atoms with E-state index in [1.165, 1.54) is 0 Å². The Kier molecular flexibility index (Phi) is 2.08. The number of rotatable bonds is 0. The molecule has 0 saturated heterocycles. The first-order valence-corrected chi connectivity index (χ1v) is 4.47. The molecule has 46 valence electrons. The summed E-state index contributed by atoms with van der Waals surface area (Å²) in [6.45, 7) is 2.09. The maximum atomic E-state index is 4.03. The highest BCUT2D eigenvalue weighted by Crippen LogP contribution is 2.22. The lowest BCUT2D eigenvalue weighted by molar-refractivity contribution is 0.755. The smallest absolute Gasteiger partial charge is 0.151 e. The van der Waals surface area contributed by atoms with E-state index in [1.54, 1.807) is 23.5 Å². The Hall–Kier alpha value is 0.170. The molecule has 1 aliphatic heterocycles. The molecule has 0 fully saturated rings. The predicted octanol–water partition coefficient (Wildman–Crippen LogP) is 1.30. The minimum atomic E-state index is 0.470. The predicted molar refractivity (Wildman–Crippen MR) is 41.1 cm³/mol. The van der Waals surface area contributed by atoms with Crippen molar-refractivity contribution in [3.05, 3.63) is 0 Å². The Bertz CT molecular complexity index is 113. The molecule has 1 heterocycles. The Morgan fingerprint density at radius 2 is 2.62 bits per heavy atom. The average molecular weight is 148 g/mol. The van der Waals surface area contributed by atoms with E-state index >= 15 is 0 Å². The van der Waals surface area contributed by atoms with Crippen LogP contribution in [-0.4, -0.2) is 16.0 Å². The van der Waals surface area contributed by atoms with Crippen LogP contribution in [0.3, 0.4) is 0 Å². The normalized spacial score (nSPS) is 27.2. The molecule has 2 nitrogen and oxygen atoms in total. The molecule has 1 aliphatic rings. The maximum Gasteiger partial charge on any atom is 0.151 e. The van der Waals surface area contributed by atoms with Crippen LogP contribution in [0.5, 0.6) is 0 Å². The van der Waals surface area contributed by atoms with E-state index in [2.05, 4.69) is 17.5 Å². The number of hydrogen-bond donors (Lipinski definition) is 1. The van der Waals surface area contributed by atoms with Crippen molar-refractivity contribution in [1.82, 2.24) is 5.43 Å². The van der Waals surface area contributed by atoms with Gasteiger partial charge in [-0.15, -0.1) is 11.8 Å². The third-order valence-corrected chi connectivity index (χ3v) is 2.77. The zero-order valence-electron chi connectivity index (χ0n) is 4.84. The van der Waals surface area contributed by atoms with Crippen molar-refractivity contribution < 1.29 is 0 Å². The van der Waals surface area contributed by atoms with E-state index in [0.717, 1.165) is 4.38 Å². The van der Waals surface area contributed by atoms with Crippen LogP contribution in [0.4, 0.5) is 0 Å². The highest BCUT2D eigenvalue weighted by molar-refractivity contribution is 8.39. The highest BCUT2D eigenvalue weighted by Gasteiger charge is 2.11. The molecule has 1 N–H and O–H groups in total. The van der Waals surface area contributed by atoms with E-state index in [1.807, 2.05) is 6.26 Å². The second-order valence-electron chi connectivity index (χ2n) is 1.47.